The molecule has 0 amide bonds. The highest BCUT2D eigenvalue weighted by Crippen LogP contribution is 2.34. The minimum absolute atomic E-state index is 0.0861. The second-order valence-electron chi connectivity index (χ2n) is 4.12. The number of halogens is 2. The number of benzene rings is 1. The molecule has 0 saturated carbocycles. The van der Waals surface area contributed by atoms with Crippen molar-refractivity contribution in [2.75, 3.05) is 0 Å². The van der Waals surface area contributed by atoms with Crippen LogP contribution in [0.3, 0.4) is 0 Å². The molecule has 0 fully saturated rings. The Morgan fingerprint density at radius 1 is 1.44 bits per heavy atom. The predicted octanol–water partition coefficient (Wildman–Crippen LogP) is 2.93. The Kier molecular flexibility index (Phi) is 3.48. The summed E-state index contributed by atoms with van der Waals surface area (Å²) in [6.07, 6.45) is 1.56. The molecule has 0 saturated heterocycles. The monoisotopic (exact) mass is 268 g/mol. The van der Waals surface area contributed by atoms with Gasteiger partial charge in [0.05, 0.1) is 5.92 Å². The standard InChI is InChI=1S/C13H10ClFO3/c14-7-1-4-12(15)11(5-7)10-6-8(16)2-3-9(10)13(17)18/h1,4-6,9H,2-3H2,(H,17,18). The molecule has 0 aromatic heterocycles. The van der Waals surface area contributed by atoms with Gasteiger partial charge in [-0.2, -0.15) is 0 Å². The number of rotatable bonds is 2. The Balaban J connectivity index is 2.54. The molecule has 1 aromatic carbocycles. The van der Waals surface area contributed by atoms with Crippen LogP contribution in [0.15, 0.2) is 24.3 Å². The number of carbonyl (C=O) groups is 2. The molecule has 1 aliphatic carbocycles. The fourth-order valence-corrected chi connectivity index (χ4v) is 2.20. The van der Waals surface area contributed by atoms with Crippen LogP contribution in [0, 0.1) is 11.7 Å². The fourth-order valence-electron chi connectivity index (χ4n) is 2.03. The first-order chi connectivity index (χ1) is 8.49. The maximum absolute atomic E-state index is 13.7. The number of carboxylic acid groups (broad SMARTS) is 1. The molecule has 1 unspecified atom stereocenters. The van der Waals surface area contributed by atoms with Crippen molar-refractivity contribution in [3.05, 3.63) is 40.7 Å². The third-order valence-corrected chi connectivity index (χ3v) is 3.14. The van der Waals surface area contributed by atoms with Gasteiger partial charge in [0.1, 0.15) is 5.82 Å². The summed E-state index contributed by atoms with van der Waals surface area (Å²) in [6.45, 7) is 0. The Morgan fingerprint density at radius 3 is 2.83 bits per heavy atom. The van der Waals surface area contributed by atoms with Crippen molar-refractivity contribution in [2.24, 2.45) is 5.92 Å². The molecule has 1 aromatic rings. The second-order valence-corrected chi connectivity index (χ2v) is 4.56. The summed E-state index contributed by atoms with van der Waals surface area (Å²) in [5.74, 6) is -2.70. The number of hydrogen-bond donors (Lipinski definition) is 1. The minimum atomic E-state index is -1.06. The summed E-state index contributed by atoms with van der Waals surface area (Å²) in [5, 5.41) is 9.41. The van der Waals surface area contributed by atoms with E-state index in [0.717, 1.165) is 6.07 Å². The summed E-state index contributed by atoms with van der Waals surface area (Å²) in [4.78, 5) is 22.5. The highest BCUT2D eigenvalue weighted by molar-refractivity contribution is 6.30. The highest BCUT2D eigenvalue weighted by atomic mass is 35.5. The summed E-state index contributed by atoms with van der Waals surface area (Å²) in [6, 6.07) is 3.88. The first kappa shape index (κ1) is 12.8. The van der Waals surface area contributed by atoms with Crippen LogP contribution in [0.2, 0.25) is 5.02 Å². The van der Waals surface area contributed by atoms with Crippen LogP contribution in [-0.2, 0) is 9.59 Å². The molecule has 1 atom stereocenters. The zero-order chi connectivity index (χ0) is 13.3. The van der Waals surface area contributed by atoms with Gasteiger partial charge in [-0.05, 0) is 36.3 Å². The van der Waals surface area contributed by atoms with E-state index in [1.807, 2.05) is 0 Å². The Morgan fingerprint density at radius 2 is 2.17 bits per heavy atom. The molecular formula is C13H10ClFO3. The van der Waals surface area contributed by atoms with E-state index in [-0.39, 0.29) is 29.8 Å². The molecule has 0 bridgehead atoms. The van der Waals surface area contributed by atoms with Crippen LogP contribution in [0.5, 0.6) is 0 Å². The largest absolute Gasteiger partial charge is 0.481 e. The van der Waals surface area contributed by atoms with Gasteiger partial charge in [0.25, 0.3) is 0 Å². The molecule has 94 valence electrons. The van der Waals surface area contributed by atoms with Gasteiger partial charge in [-0.1, -0.05) is 11.6 Å². The van der Waals surface area contributed by atoms with Gasteiger partial charge in [-0.3, -0.25) is 9.59 Å². The van der Waals surface area contributed by atoms with Crippen molar-refractivity contribution in [2.45, 2.75) is 12.8 Å². The van der Waals surface area contributed by atoms with Gasteiger partial charge in [-0.25, -0.2) is 4.39 Å². The zero-order valence-electron chi connectivity index (χ0n) is 9.32. The van der Waals surface area contributed by atoms with Crippen molar-refractivity contribution >= 4 is 28.9 Å². The van der Waals surface area contributed by atoms with E-state index < -0.39 is 17.7 Å². The highest BCUT2D eigenvalue weighted by Gasteiger charge is 2.29. The van der Waals surface area contributed by atoms with Crippen molar-refractivity contribution in [1.29, 1.82) is 0 Å². The Hall–Kier alpha value is -1.68. The van der Waals surface area contributed by atoms with Crippen molar-refractivity contribution in [3.8, 4) is 0 Å². The van der Waals surface area contributed by atoms with Gasteiger partial charge < -0.3 is 5.11 Å². The van der Waals surface area contributed by atoms with Crippen molar-refractivity contribution in [3.63, 3.8) is 0 Å². The summed E-state index contributed by atoms with van der Waals surface area (Å²) >= 11 is 5.77. The molecule has 2 rings (SSSR count). The third kappa shape index (κ3) is 2.43. The van der Waals surface area contributed by atoms with E-state index in [4.69, 9.17) is 16.7 Å². The molecule has 0 aliphatic heterocycles. The van der Waals surface area contributed by atoms with Crippen molar-refractivity contribution in [1.82, 2.24) is 0 Å². The third-order valence-electron chi connectivity index (χ3n) is 2.91. The van der Waals surface area contributed by atoms with E-state index in [9.17, 15) is 14.0 Å². The molecule has 3 nitrogen and oxygen atoms in total. The average Bonchev–Trinajstić information content (AvgIpc) is 2.31. The Bertz CT molecular complexity index is 551. The maximum Gasteiger partial charge on any atom is 0.311 e. The smallest absolute Gasteiger partial charge is 0.311 e. The van der Waals surface area contributed by atoms with Gasteiger partial charge in [0.15, 0.2) is 5.78 Å². The van der Waals surface area contributed by atoms with Crippen LogP contribution in [0.25, 0.3) is 5.57 Å². The number of hydrogen-bond acceptors (Lipinski definition) is 2. The van der Waals surface area contributed by atoms with E-state index in [0.29, 0.717) is 5.02 Å². The lowest BCUT2D eigenvalue weighted by atomic mass is 9.83. The minimum Gasteiger partial charge on any atom is -0.481 e. The molecule has 0 radical (unpaired) electrons. The van der Waals surface area contributed by atoms with Crippen LogP contribution in [0.4, 0.5) is 4.39 Å². The average molecular weight is 269 g/mol. The first-order valence-corrected chi connectivity index (χ1v) is 5.79. The molecule has 18 heavy (non-hydrogen) atoms. The fraction of sp³-hybridized carbons (Fsp3) is 0.231. The number of carbonyl (C=O) groups excluding carboxylic acids is 1. The SMILES string of the molecule is O=C1C=C(c2cc(Cl)ccc2F)C(C(=O)O)CC1. The Labute approximate surface area is 108 Å². The van der Waals surface area contributed by atoms with Crippen LogP contribution in [-0.4, -0.2) is 16.9 Å². The van der Waals surface area contributed by atoms with E-state index >= 15 is 0 Å². The lowest BCUT2D eigenvalue weighted by Gasteiger charge is -2.20. The predicted molar refractivity (Wildman–Crippen MR) is 64.8 cm³/mol. The number of aliphatic carboxylic acids is 1. The molecule has 0 heterocycles. The first-order valence-electron chi connectivity index (χ1n) is 5.41. The summed E-state index contributed by atoms with van der Waals surface area (Å²) in [7, 11) is 0. The van der Waals surface area contributed by atoms with Gasteiger partial charge in [0, 0.05) is 17.0 Å². The second kappa shape index (κ2) is 4.90. The zero-order valence-corrected chi connectivity index (χ0v) is 10.1. The maximum atomic E-state index is 13.7. The molecule has 1 aliphatic rings. The normalized spacial score (nSPS) is 19.6. The molecule has 5 heteroatoms. The van der Waals surface area contributed by atoms with E-state index in [2.05, 4.69) is 0 Å². The lowest BCUT2D eigenvalue weighted by molar-refractivity contribution is -0.140. The number of allylic oxidation sites excluding steroid dienone is 1. The van der Waals surface area contributed by atoms with E-state index in [1.165, 1.54) is 18.2 Å². The molecular weight excluding hydrogens is 259 g/mol. The van der Waals surface area contributed by atoms with Crippen molar-refractivity contribution < 1.29 is 19.1 Å². The topological polar surface area (TPSA) is 54.4 Å². The molecule has 1 N–H and O–H groups in total. The number of ketones is 1. The quantitative estimate of drug-likeness (QED) is 0.897. The van der Waals surface area contributed by atoms with Gasteiger partial charge in [-0.15, -0.1) is 0 Å². The van der Waals surface area contributed by atoms with Crippen LogP contribution < -0.4 is 0 Å². The van der Waals surface area contributed by atoms with Crippen LogP contribution >= 0.6 is 11.6 Å². The molecule has 0 spiro atoms. The van der Waals surface area contributed by atoms with Crippen LogP contribution in [0.1, 0.15) is 18.4 Å². The van der Waals surface area contributed by atoms with Gasteiger partial charge in [0.2, 0.25) is 0 Å². The van der Waals surface area contributed by atoms with Gasteiger partial charge >= 0.3 is 5.97 Å². The summed E-state index contributed by atoms with van der Waals surface area (Å²) < 4.78 is 13.7. The van der Waals surface area contributed by atoms with E-state index in [1.54, 1.807) is 0 Å². The summed E-state index contributed by atoms with van der Waals surface area (Å²) in [5.41, 5.74) is 0.279. The number of carboxylic acids is 1. The lowest BCUT2D eigenvalue weighted by Crippen LogP contribution is -2.21.